The molecule has 0 bridgehead atoms. The smallest absolute Gasteiger partial charge is 0.224 e. The summed E-state index contributed by atoms with van der Waals surface area (Å²) in [4.78, 5) is 25.7. The number of pyridine rings is 1. The molecule has 1 amide bonds. The summed E-state index contributed by atoms with van der Waals surface area (Å²) in [7, 11) is 0. The lowest BCUT2D eigenvalue weighted by molar-refractivity contribution is -0.116. The zero-order chi connectivity index (χ0) is 25.6. The Bertz CT molecular complexity index is 1550. The van der Waals surface area contributed by atoms with E-state index in [1.807, 2.05) is 67.1 Å². The van der Waals surface area contributed by atoms with Gasteiger partial charge in [0.1, 0.15) is 5.82 Å². The van der Waals surface area contributed by atoms with Crippen LogP contribution in [0.15, 0.2) is 48.5 Å². The maximum Gasteiger partial charge on any atom is 0.224 e. The molecule has 0 aliphatic heterocycles. The molecule has 7 nitrogen and oxygen atoms in total. The molecule has 3 aromatic heterocycles. The van der Waals surface area contributed by atoms with Gasteiger partial charge in [-0.2, -0.15) is 5.10 Å². The number of aromatic nitrogens is 5. The number of amides is 1. The first kappa shape index (κ1) is 23.7. The topological polar surface area (TPSA) is 88.5 Å². The molecule has 5 rings (SSSR count). The molecular weight excluding hydrogens is 448 g/mol. The minimum atomic E-state index is -0.153. The van der Waals surface area contributed by atoms with Gasteiger partial charge in [0.2, 0.25) is 5.91 Å². The average molecular weight is 481 g/mol. The number of H-pyrrole nitrogens is 1. The molecule has 0 radical (unpaired) electrons. The summed E-state index contributed by atoms with van der Waals surface area (Å²) in [6.45, 7) is 12.6. The molecule has 2 aromatic carbocycles. The third-order valence-corrected chi connectivity index (χ3v) is 6.64. The Morgan fingerprint density at radius 2 is 1.69 bits per heavy atom. The zero-order valence-electron chi connectivity index (χ0n) is 21.7. The number of carbonyl (C=O) groups excluding carboxylic acids is 1. The van der Waals surface area contributed by atoms with Gasteiger partial charge in [-0.3, -0.25) is 4.79 Å². The van der Waals surface area contributed by atoms with Crippen molar-refractivity contribution in [1.82, 2.24) is 24.7 Å². The number of fused-ring (bicyclic) bond motifs is 2. The van der Waals surface area contributed by atoms with Gasteiger partial charge in [0, 0.05) is 28.8 Å². The molecule has 0 aliphatic carbocycles. The summed E-state index contributed by atoms with van der Waals surface area (Å²) >= 11 is 0. The number of hydrogen-bond donors (Lipinski definition) is 2. The van der Waals surface area contributed by atoms with E-state index in [1.165, 1.54) is 0 Å². The van der Waals surface area contributed by atoms with Gasteiger partial charge in [0.15, 0.2) is 5.65 Å². The standard InChI is InChI=1S/C29H32N6O/c1-17-22(18(2)30-28-26(17)19(3)34-35(28)29(4,5)6)15-16-25(36)31-21-13-11-20(12-14-21)27-32-23-9-7-8-10-24(23)33-27/h7-14H,15-16H2,1-6H3,(H,31,36)(H,32,33). The molecule has 0 atom stereocenters. The van der Waals surface area contributed by atoms with E-state index in [-0.39, 0.29) is 11.4 Å². The van der Waals surface area contributed by atoms with Gasteiger partial charge in [-0.05, 0) is 95.5 Å². The Kier molecular flexibility index (Phi) is 5.86. The normalized spacial score (nSPS) is 11.9. The number of imidazole rings is 1. The zero-order valence-corrected chi connectivity index (χ0v) is 21.7. The van der Waals surface area contributed by atoms with Crippen LogP contribution in [0.4, 0.5) is 5.69 Å². The van der Waals surface area contributed by atoms with Crippen LogP contribution in [0, 0.1) is 20.8 Å². The van der Waals surface area contributed by atoms with Crippen molar-refractivity contribution in [3.8, 4) is 11.4 Å². The first-order chi connectivity index (χ1) is 17.1. The van der Waals surface area contributed by atoms with Gasteiger partial charge in [-0.25, -0.2) is 14.6 Å². The number of nitrogens with zero attached hydrogens (tertiary/aromatic N) is 4. The monoisotopic (exact) mass is 480 g/mol. The number of rotatable bonds is 5. The van der Waals surface area contributed by atoms with Crippen LogP contribution in [0.25, 0.3) is 33.5 Å². The van der Waals surface area contributed by atoms with E-state index in [4.69, 9.17) is 10.1 Å². The predicted octanol–water partition coefficient (Wildman–Crippen LogP) is 6.23. The van der Waals surface area contributed by atoms with Crippen molar-refractivity contribution in [2.45, 2.75) is 59.9 Å². The lowest BCUT2D eigenvalue weighted by Gasteiger charge is -2.20. The minimum Gasteiger partial charge on any atom is -0.338 e. The largest absolute Gasteiger partial charge is 0.338 e. The van der Waals surface area contributed by atoms with Crippen molar-refractivity contribution in [1.29, 1.82) is 0 Å². The summed E-state index contributed by atoms with van der Waals surface area (Å²) in [6, 6.07) is 15.7. The molecule has 0 unspecified atom stereocenters. The number of carbonyl (C=O) groups is 1. The number of nitrogens with one attached hydrogen (secondary N) is 2. The maximum absolute atomic E-state index is 12.8. The van der Waals surface area contributed by atoms with Crippen molar-refractivity contribution in [2.24, 2.45) is 0 Å². The van der Waals surface area contributed by atoms with Crippen LogP contribution in [0.1, 0.15) is 49.7 Å². The van der Waals surface area contributed by atoms with Crippen LogP contribution in [0.2, 0.25) is 0 Å². The van der Waals surface area contributed by atoms with E-state index in [9.17, 15) is 4.79 Å². The van der Waals surface area contributed by atoms with E-state index >= 15 is 0 Å². The molecule has 5 aromatic rings. The van der Waals surface area contributed by atoms with Crippen molar-refractivity contribution in [2.75, 3.05) is 5.32 Å². The summed E-state index contributed by atoms with van der Waals surface area (Å²) in [6.07, 6.45) is 1.01. The second kappa shape index (κ2) is 8.90. The number of hydrogen-bond acceptors (Lipinski definition) is 4. The molecule has 3 heterocycles. The first-order valence-corrected chi connectivity index (χ1v) is 12.3. The Morgan fingerprint density at radius 1 is 0.972 bits per heavy atom. The van der Waals surface area contributed by atoms with Crippen molar-refractivity contribution in [3.63, 3.8) is 0 Å². The molecule has 36 heavy (non-hydrogen) atoms. The maximum atomic E-state index is 12.8. The highest BCUT2D eigenvalue weighted by Crippen LogP contribution is 2.30. The van der Waals surface area contributed by atoms with E-state index < -0.39 is 0 Å². The third kappa shape index (κ3) is 4.37. The number of aromatic amines is 1. The van der Waals surface area contributed by atoms with Gasteiger partial charge in [0.05, 0.1) is 22.3 Å². The van der Waals surface area contributed by atoms with Crippen LogP contribution in [-0.2, 0) is 16.8 Å². The van der Waals surface area contributed by atoms with Gasteiger partial charge >= 0.3 is 0 Å². The van der Waals surface area contributed by atoms with E-state index in [2.05, 4.69) is 43.0 Å². The lowest BCUT2D eigenvalue weighted by Crippen LogP contribution is -2.23. The van der Waals surface area contributed by atoms with Gasteiger partial charge in [0.25, 0.3) is 0 Å². The second-order valence-electron chi connectivity index (χ2n) is 10.4. The number of para-hydroxylation sites is 2. The lowest BCUT2D eigenvalue weighted by atomic mass is 9.99. The third-order valence-electron chi connectivity index (χ3n) is 6.64. The molecule has 0 aliphatic rings. The summed E-state index contributed by atoms with van der Waals surface area (Å²) in [5.41, 5.74) is 8.64. The Labute approximate surface area is 211 Å². The molecule has 7 heteroatoms. The van der Waals surface area contributed by atoms with Crippen LogP contribution >= 0.6 is 0 Å². The van der Waals surface area contributed by atoms with E-state index in [1.54, 1.807) is 0 Å². The van der Waals surface area contributed by atoms with E-state index in [0.717, 1.165) is 61.7 Å². The molecule has 0 fully saturated rings. The molecule has 0 spiro atoms. The van der Waals surface area contributed by atoms with Crippen molar-refractivity contribution < 1.29 is 4.79 Å². The summed E-state index contributed by atoms with van der Waals surface area (Å²) in [5, 5.41) is 8.88. The molecule has 2 N–H and O–H groups in total. The van der Waals surface area contributed by atoms with Crippen molar-refractivity contribution >= 4 is 33.7 Å². The first-order valence-electron chi connectivity index (χ1n) is 12.3. The van der Waals surface area contributed by atoms with Crippen molar-refractivity contribution in [3.05, 3.63) is 71.0 Å². The highest BCUT2D eigenvalue weighted by molar-refractivity contribution is 5.91. The van der Waals surface area contributed by atoms with Crippen LogP contribution in [0.3, 0.4) is 0 Å². The number of benzene rings is 2. The molecule has 184 valence electrons. The number of anilines is 1. The fraction of sp³-hybridized carbons (Fsp3) is 0.310. The fourth-order valence-electron chi connectivity index (χ4n) is 4.81. The Hall–Kier alpha value is -4.00. The van der Waals surface area contributed by atoms with Crippen LogP contribution in [0.5, 0.6) is 0 Å². The highest BCUT2D eigenvalue weighted by atomic mass is 16.1. The number of aryl methyl sites for hydroxylation is 3. The van der Waals surface area contributed by atoms with Crippen LogP contribution in [-0.4, -0.2) is 30.6 Å². The molecule has 0 saturated carbocycles. The van der Waals surface area contributed by atoms with E-state index in [0.29, 0.717) is 12.8 Å². The SMILES string of the molecule is Cc1nc2c(c(C)nn2C(C)(C)C)c(C)c1CCC(=O)Nc1ccc(-c2nc3ccccc3[nH]2)cc1. The molecule has 0 saturated heterocycles. The minimum absolute atomic E-state index is 0.0208. The summed E-state index contributed by atoms with van der Waals surface area (Å²) in [5.74, 6) is 0.792. The van der Waals surface area contributed by atoms with Gasteiger partial charge in [-0.1, -0.05) is 12.1 Å². The second-order valence-corrected chi connectivity index (χ2v) is 10.4. The quantitative estimate of drug-likeness (QED) is 0.312. The fourth-order valence-corrected chi connectivity index (χ4v) is 4.81. The summed E-state index contributed by atoms with van der Waals surface area (Å²) < 4.78 is 2.00. The Balaban J connectivity index is 1.29. The predicted molar refractivity (Wildman–Crippen MR) is 145 cm³/mol. The molecular formula is C29H32N6O. The van der Waals surface area contributed by atoms with Crippen LogP contribution < -0.4 is 5.32 Å². The van der Waals surface area contributed by atoms with Gasteiger partial charge in [-0.15, -0.1) is 0 Å². The average Bonchev–Trinajstić information content (AvgIpc) is 3.40. The van der Waals surface area contributed by atoms with Gasteiger partial charge < -0.3 is 10.3 Å². The highest BCUT2D eigenvalue weighted by Gasteiger charge is 2.23. The Morgan fingerprint density at radius 3 is 2.39 bits per heavy atom.